The molecule has 2 rings (SSSR count). The van der Waals surface area contributed by atoms with Gasteiger partial charge >= 0.3 is 0 Å². The van der Waals surface area contributed by atoms with Gasteiger partial charge in [-0.1, -0.05) is 6.07 Å². The van der Waals surface area contributed by atoms with Crippen molar-refractivity contribution in [1.82, 2.24) is 14.7 Å². The molecule has 0 saturated carbocycles. The number of amides is 1. The van der Waals surface area contributed by atoms with Crippen LogP contribution in [-0.4, -0.2) is 34.7 Å². The second-order valence-electron chi connectivity index (χ2n) is 5.24. The maximum atomic E-state index is 13.6. The third-order valence-corrected chi connectivity index (χ3v) is 3.45. The van der Waals surface area contributed by atoms with Gasteiger partial charge in [0.05, 0.1) is 13.3 Å². The number of hydrogen-bond acceptors (Lipinski definition) is 3. The lowest BCUT2D eigenvalue weighted by atomic mass is 10.1. The van der Waals surface area contributed by atoms with Crippen LogP contribution >= 0.6 is 0 Å². The van der Waals surface area contributed by atoms with E-state index < -0.39 is 5.82 Å². The van der Waals surface area contributed by atoms with E-state index in [1.54, 1.807) is 35.0 Å². The molecule has 1 aromatic heterocycles. The highest BCUT2D eigenvalue weighted by atomic mass is 19.1. The zero-order chi connectivity index (χ0) is 16.1. The number of carbonyl (C=O) groups excluding carboxylic acids is 1. The molecule has 118 valence electrons. The largest absolute Gasteiger partial charge is 0.494 e. The Morgan fingerprint density at radius 3 is 2.77 bits per heavy atom. The topological polar surface area (TPSA) is 47.4 Å². The molecule has 0 N–H and O–H groups in total. The fourth-order valence-corrected chi connectivity index (χ4v) is 2.22. The third kappa shape index (κ3) is 4.07. The van der Waals surface area contributed by atoms with Crippen LogP contribution in [0, 0.1) is 5.82 Å². The van der Waals surface area contributed by atoms with E-state index >= 15 is 0 Å². The van der Waals surface area contributed by atoms with E-state index in [0.717, 1.165) is 11.1 Å². The molecule has 0 radical (unpaired) electrons. The summed E-state index contributed by atoms with van der Waals surface area (Å²) in [6.07, 6.45) is 4.45. The first-order valence-electron chi connectivity index (χ1n) is 7.03. The van der Waals surface area contributed by atoms with Crippen LogP contribution in [0.3, 0.4) is 0 Å². The van der Waals surface area contributed by atoms with Gasteiger partial charge < -0.3 is 9.64 Å². The summed E-state index contributed by atoms with van der Waals surface area (Å²) in [4.78, 5) is 13.8. The lowest BCUT2D eigenvalue weighted by molar-refractivity contribution is -0.130. The average molecular weight is 305 g/mol. The molecule has 0 aliphatic carbocycles. The van der Waals surface area contributed by atoms with Crippen molar-refractivity contribution in [2.75, 3.05) is 14.2 Å². The van der Waals surface area contributed by atoms with Crippen LogP contribution in [0.5, 0.6) is 5.75 Å². The number of benzene rings is 1. The van der Waals surface area contributed by atoms with E-state index in [1.165, 1.54) is 13.2 Å². The van der Waals surface area contributed by atoms with Crippen LogP contribution in [-0.2, 0) is 24.8 Å². The van der Waals surface area contributed by atoms with E-state index in [9.17, 15) is 9.18 Å². The van der Waals surface area contributed by atoms with Crippen molar-refractivity contribution in [3.05, 3.63) is 47.5 Å². The van der Waals surface area contributed by atoms with Crippen LogP contribution in [0.1, 0.15) is 17.5 Å². The van der Waals surface area contributed by atoms with Crippen molar-refractivity contribution in [3.8, 4) is 5.75 Å². The molecule has 2 aromatic rings. The third-order valence-electron chi connectivity index (χ3n) is 3.45. The molecule has 0 fully saturated rings. The molecule has 1 amide bonds. The highest BCUT2D eigenvalue weighted by Gasteiger charge is 2.11. The highest BCUT2D eigenvalue weighted by molar-refractivity contribution is 5.76. The average Bonchev–Trinajstić information content (AvgIpc) is 2.90. The summed E-state index contributed by atoms with van der Waals surface area (Å²) in [5.41, 5.74) is 1.76. The zero-order valence-corrected chi connectivity index (χ0v) is 13.0. The number of methoxy groups -OCH3 is 1. The van der Waals surface area contributed by atoms with Crippen molar-refractivity contribution >= 4 is 5.91 Å². The molecule has 0 saturated heterocycles. The Hall–Kier alpha value is -2.37. The molecule has 0 atom stereocenters. The van der Waals surface area contributed by atoms with Crippen LogP contribution in [0.4, 0.5) is 4.39 Å². The SMILES string of the molecule is COc1ccc(CCC(=O)N(C)Cc2cnn(C)c2)cc1F. The van der Waals surface area contributed by atoms with Crippen molar-refractivity contribution < 1.29 is 13.9 Å². The minimum absolute atomic E-state index is 0.0140. The van der Waals surface area contributed by atoms with E-state index in [2.05, 4.69) is 5.10 Å². The van der Waals surface area contributed by atoms with Gasteiger partial charge in [0, 0.05) is 38.8 Å². The Bertz CT molecular complexity index is 655. The van der Waals surface area contributed by atoms with Crippen molar-refractivity contribution in [3.63, 3.8) is 0 Å². The Kier molecular flexibility index (Phi) is 5.14. The van der Waals surface area contributed by atoms with Crippen molar-refractivity contribution in [2.24, 2.45) is 7.05 Å². The Balaban J connectivity index is 1.87. The van der Waals surface area contributed by atoms with Crippen molar-refractivity contribution in [1.29, 1.82) is 0 Å². The van der Waals surface area contributed by atoms with Crippen LogP contribution in [0.25, 0.3) is 0 Å². The smallest absolute Gasteiger partial charge is 0.222 e. The number of nitrogens with zero attached hydrogens (tertiary/aromatic N) is 3. The highest BCUT2D eigenvalue weighted by Crippen LogP contribution is 2.18. The Labute approximate surface area is 129 Å². The first kappa shape index (κ1) is 16.0. The van der Waals surface area contributed by atoms with E-state index in [1.807, 2.05) is 13.2 Å². The molecule has 0 spiro atoms. The maximum Gasteiger partial charge on any atom is 0.222 e. The molecule has 6 heteroatoms. The standard InChI is InChI=1S/C16H20FN3O2/c1-19(10-13-9-18-20(2)11-13)16(21)7-5-12-4-6-15(22-3)14(17)8-12/h4,6,8-9,11H,5,7,10H2,1-3H3. The van der Waals surface area contributed by atoms with E-state index in [-0.39, 0.29) is 11.7 Å². The molecule has 0 bridgehead atoms. The first-order chi connectivity index (χ1) is 10.5. The number of ether oxygens (including phenoxy) is 1. The number of aromatic nitrogens is 2. The maximum absolute atomic E-state index is 13.6. The van der Waals surface area contributed by atoms with Gasteiger partial charge in [-0.2, -0.15) is 5.10 Å². The molecule has 0 aliphatic rings. The molecular weight excluding hydrogens is 285 g/mol. The van der Waals surface area contributed by atoms with Crippen LogP contribution < -0.4 is 4.74 Å². The van der Waals surface area contributed by atoms with Gasteiger partial charge in [-0.3, -0.25) is 9.48 Å². The lowest BCUT2D eigenvalue weighted by Gasteiger charge is -2.16. The predicted molar refractivity (Wildman–Crippen MR) is 81.0 cm³/mol. The molecule has 1 heterocycles. The van der Waals surface area contributed by atoms with Gasteiger partial charge in [0.1, 0.15) is 0 Å². The summed E-state index contributed by atoms with van der Waals surface area (Å²) >= 11 is 0. The summed E-state index contributed by atoms with van der Waals surface area (Å²) < 4.78 is 20.2. The minimum Gasteiger partial charge on any atom is -0.494 e. The number of aryl methyl sites for hydroxylation is 2. The number of halogens is 1. The summed E-state index contributed by atoms with van der Waals surface area (Å²) in [5.74, 6) is -0.181. The predicted octanol–water partition coefficient (Wildman–Crippen LogP) is 2.16. The van der Waals surface area contributed by atoms with Gasteiger partial charge in [-0.25, -0.2) is 4.39 Å². The summed E-state index contributed by atoms with van der Waals surface area (Å²) in [5, 5.41) is 4.07. The van der Waals surface area contributed by atoms with Gasteiger partial charge in [0.25, 0.3) is 0 Å². The van der Waals surface area contributed by atoms with Crippen LogP contribution in [0.15, 0.2) is 30.6 Å². The Morgan fingerprint density at radius 1 is 1.41 bits per heavy atom. The number of rotatable bonds is 6. The Morgan fingerprint density at radius 2 is 2.18 bits per heavy atom. The first-order valence-corrected chi connectivity index (χ1v) is 7.03. The second-order valence-corrected chi connectivity index (χ2v) is 5.24. The molecule has 0 unspecified atom stereocenters. The normalized spacial score (nSPS) is 10.5. The number of hydrogen-bond donors (Lipinski definition) is 0. The molecule has 22 heavy (non-hydrogen) atoms. The molecule has 1 aromatic carbocycles. The quantitative estimate of drug-likeness (QED) is 0.821. The molecule has 5 nitrogen and oxygen atoms in total. The van der Waals surface area contributed by atoms with Gasteiger partial charge in [-0.15, -0.1) is 0 Å². The van der Waals surface area contributed by atoms with Gasteiger partial charge in [0.2, 0.25) is 5.91 Å². The number of carbonyl (C=O) groups is 1. The van der Waals surface area contributed by atoms with Gasteiger partial charge in [0.15, 0.2) is 11.6 Å². The summed E-state index contributed by atoms with van der Waals surface area (Å²) in [7, 11) is 5.02. The van der Waals surface area contributed by atoms with Crippen molar-refractivity contribution in [2.45, 2.75) is 19.4 Å². The molecule has 0 aliphatic heterocycles. The second kappa shape index (κ2) is 7.06. The van der Waals surface area contributed by atoms with E-state index in [4.69, 9.17) is 4.74 Å². The monoisotopic (exact) mass is 305 g/mol. The lowest BCUT2D eigenvalue weighted by Crippen LogP contribution is -2.26. The van der Waals surface area contributed by atoms with E-state index in [0.29, 0.717) is 19.4 Å². The van der Waals surface area contributed by atoms with Gasteiger partial charge in [-0.05, 0) is 24.1 Å². The summed E-state index contributed by atoms with van der Waals surface area (Å²) in [6, 6.07) is 4.76. The zero-order valence-electron chi connectivity index (χ0n) is 13.0. The summed E-state index contributed by atoms with van der Waals surface area (Å²) in [6.45, 7) is 0.518. The molecular formula is C16H20FN3O2. The van der Waals surface area contributed by atoms with Crippen LogP contribution in [0.2, 0.25) is 0 Å². The fourth-order valence-electron chi connectivity index (χ4n) is 2.22. The fraction of sp³-hybridized carbons (Fsp3) is 0.375. The minimum atomic E-state index is -0.406.